The third-order valence-electron chi connectivity index (χ3n) is 5.25. The summed E-state index contributed by atoms with van der Waals surface area (Å²) in [5.74, 6) is -1.08. The summed E-state index contributed by atoms with van der Waals surface area (Å²) in [7, 11) is 0. The molecule has 2 aliphatic rings. The molecule has 29 heavy (non-hydrogen) atoms. The molecular weight excluding hydrogens is 394 g/mol. The van der Waals surface area contributed by atoms with Crippen molar-refractivity contribution < 1.29 is 29.6 Å². The highest BCUT2D eigenvalue weighted by atomic mass is 32.2. The second-order valence-corrected chi connectivity index (χ2v) is 8.33. The molecule has 1 saturated heterocycles. The fourth-order valence-corrected chi connectivity index (χ4v) is 4.85. The standard InChI is InChI=1S/C21H21NO6S/c1-11-6-8-12(9-7-11)29-21-16(18(25)17(24)15(10-23)28-21)22-19(26)13-4-2-3-5-14(13)20(22)27/h2-9,15-18,21,23-25H,10H2,1H3/t15-,16-,17-,18-,21?/m1/s1. The Morgan fingerprint density at radius 3 is 2.10 bits per heavy atom. The molecule has 0 spiro atoms. The molecule has 1 fully saturated rings. The number of benzene rings is 2. The fraction of sp³-hybridized carbons (Fsp3) is 0.333. The van der Waals surface area contributed by atoms with Crippen LogP contribution in [0.3, 0.4) is 0 Å². The lowest BCUT2D eigenvalue weighted by atomic mass is 9.97. The molecule has 0 bridgehead atoms. The van der Waals surface area contributed by atoms with Crippen molar-refractivity contribution in [3.63, 3.8) is 0 Å². The second-order valence-electron chi connectivity index (χ2n) is 7.15. The number of nitrogens with zero attached hydrogens (tertiary/aromatic N) is 1. The Labute approximate surface area is 171 Å². The molecule has 7 nitrogen and oxygen atoms in total. The Morgan fingerprint density at radius 2 is 1.55 bits per heavy atom. The van der Waals surface area contributed by atoms with Crippen LogP contribution in [0.1, 0.15) is 26.3 Å². The minimum absolute atomic E-state index is 0.252. The lowest BCUT2D eigenvalue weighted by Crippen LogP contribution is -2.64. The van der Waals surface area contributed by atoms with Crippen LogP contribution in [0.4, 0.5) is 0 Å². The summed E-state index contributed by atoms with van der Waals surface area (Å²) in [5.41, 5.74) is 0.708. The van der Waals surface area contributed by atoms with Gasteiger partial charge in [-0.05, 0) is 31.2 Å². The number of aliphatic hydroxyl groups excluding tert-OH is 3. The Balaban J connectivity index is 1.70. The molecule has 152 valence electrons. The highest BCUT2D eigenvalue weighted by Gasteiger charge is 2.52. The van der Waals surface area contributed by atoms with Crippen LogP contribution < -0.4 is 0 Å². The first-order valence-corrected chi connectivity index (χ1v) is 10.1. The molecule has 0 aliphatic carbocycles. The highest BCUT2D eigenvalue weighted by molar-refractivity contribution is 7.99. The highest BCUT2D eigenvalue weighted by Crippen LogP contribution is 2.38. The van der Waals surface area contributed by atoms with Gasteiger partial charge in [-0.15, -0.1) is 0 Å². The molecule has 3 N–H and O–H groups in total. The molecule has 2 heterocycles. The van der Waals surface area contributed by atoms with Crippen LogP contribution in [0, 0.1) is 6.92 Å². The van der Waals surface area contributed by atoms with E-state index in [1.165, 1.54) is 11.8 Å². The van der Waals surface area contributed by atoms with E-state index in [0.717, 1.165) is 15.4 Å². The lowest BCUT2D eigenvalue weighted by molar-refractivity contribution is -0.181. The van der Waals surface area contributed by atoms with Gasteiger partial charge in [0.05, 0.1) is 17.7 Å². The maximum atomic E-state index is 13.0. The zero-order valence-corrected chi connectivity index (χ0v) is 16.5. The summed E-state index contributed by atoms with van der Waals surface area (Å²) < 4.78 is 5.83. The molecule has 2 aromatic carbocycles. The first-order valence-electron chi connectivity index (χ1n) is 9.25. The van der Waals surface area contributed by atoms with Gasteiger partial charge in [0.25, 0.3) is 11.8 Å². The van der Waals surface area contributed by atoms with Crippen LogP contribution in [-0.4, -0.2) is 68.4 Å². The number of imide groups is 1. The summed E-state index contributed by atoms with van der Waals surface area (Å²) in [5, 5.41) is 30.7. The summed E-state index contributed by atoms with van der Waals surface area (Å²) in [6.07, 6.45) is -3.94. The zero-order valence-electron chi connectivity index (χ0n) is 15.6. The molecule has 0 saturated carbocycles. The Hall–Kier alpha value is -2.23. The van der Waals surface area contributed by atoms with Crippen molar-refractivity contribution in [3.8, 4) is 0 Å². The topological polar surface area (TPSA) is 107 Å². The number of ether oxygens (including phenoxy) is 1. The van der Waals surface area contributed by atoms with Gasteiger partial charge in [0.2, 0.25) is 0 Å². The minimum atomic E-state index is -1.47. The number of hydrogen-bond donors (Lipinski definition) is 3. The number of amides is 2. The maximum Gasteiger partial charge on any atom is 0.262 e. The predicted octanol–water partition coefficient (Wildman–Crippen LogP) is 1.19. The van der Waals surface area contributed by atoms with E-state index in [9.17, 15) is 24.9 Å². The first-order chi connectivity index (χ1) is 13.9. The van der Waals surface area contributed by atoms with Crippen molar-refractivity contribution in [1.82, 2.24) is 4.90 Å². The number of hydrogen-bond acceptors (Lipinski definition) is 7. The molecule has 5 atom stereocenters. The maximum absolute atomic E-state index is 13.0. The van der Waals surface area contributed by atoms with Crippen molar-refractivity contribution in [3.05, 3.63) is 65.2 Å². The third kappa shape index (κ3) is 3.47. The van der Waals surface area contributed by atoms with E-state index in [2.05, 4.69) is 0 Å². The number of fused-ring (bicyclic) bond motifs is 1. The molecule has 8 heteroatoms. The summed E-state index contributed by atoms with van der Waals surface area (Å²) in [4.78, 5) is 27.7. The van der Waals surface area contributed by atoms with E-state index < -0.39 is 48.2 Å². The van der Waals surface area contributed by atoms with E-state index >= 15 is 0 Å². The number of carbonyl (C=O) groups excluding carboxylic acids is 2. The zero-order chi connectivity index (χ0) is 20.7. The van der Waals surface area contributed by atoms with Gasteiger partial charge < -0.3 is 20.1 Å². The van der Waals surface area contributed by atoms with E-state index in [4.69, 9.17) is 4.74 Å². The molecular formula is C21H21NO6S. The molecule has 0 aromatic heterocycles. The molecule has 2 aromatic rings. The van der Waals surface area contributed by atoms with Crippen LogP contribution in [0.15, 0.2) is 53.4 Å². The Kier molecular flexibility index (Phi) is 5.46. The van der Waals surface area contributed by atoms with Crippen LogP contribution in [0.5, 0.6) is 0 Å². The molecule has 4 rings (SSSR count). The van der Waals surface area contributed by atoms with Crippen molar-refractivity contribution in [2.24, 2.45) is 0 Å². The average molecular weight is 415 g/mol. The monoisotopic (exact) mass is 415 g/mol. The van der Waals surface area contributed by atoms with E-state index in [0.29, 0.717) is 0 Å². The molecule has 0 radical (unpaired) electrons. The number of aliphatic hydroxyl groups is 3. The van der Waals surface area contributed by atoms with Crippen LogP contribution in [-0.2, 0) is 4.74 Å². The van der Waals surface area contributed by atoms with Crippen LogP contribution in [0.25, 0.3) is 0 Å². The van der Waals surface area contributed by atoms with Gasteiger partial charge >= 0.3 is 0 Å². The SMILES string of the molecule is Cc1ccc(SC2O[C@H](CO)[C@@H](O)[C@H](O)[C@H]2N2C(=O)c3ccccc3C2=O)cc1. The summed E-state index contributed by atoms with van der Waals surface area (Å²) in [6.45, 7) is 1.45. The Bertz CT molecular complexity index is 898. The summed E-state index contributed by atoms with van der Waals surface area (Å²) in [6, 6.07) is 12.9. The fourth-order valence-electron chi connectivity index (χ4n) is 3.67. The minimum Gasteiger partial charge on any atom is -0.394 e. The van der Waals surface area contributed by atoms with Crippen LogP contribution >= 0.6 is 11.8 Å². The number of carbonyl (C=O) groups is 2. The third-order valence-corrected chi connectivity index (χ3v) is 6.41. The van der Waals surface area contributed by atoms with Crippen LogP contribution in [0.2, 0.25) is 0 Å². The van der Waals surface area contributed by atoms with Gasteiger partial charge in [0.15, 0.2) is 0 Å². The molecule has 2 amide bonds. The first kappa shape index (κ1) is 20.1. The van der Waals surface area contributed by atoms with Gasteiger partial charge in [0.1, 0.15) is 29.8 Å². The normalized spacial score (nSPS) is 29.2. The quantitative estimate of drug-likeness (QED) is 0.644. The average Bonchev–Trinajstić information content (AvgIpc) is 2.97. The van der Waals surface area contributed by atoms with E-state index in [-0.39, 0.29) is 11.1 Å². The van der Waals surface area contributed by atoms with E-state index in [1.807, 2.05) is 31.2 Å². The number of rotatable bonds is 4. The second kappa shape index (κ2) is 7.89. The lowest BCUT2D eigenvalue weighted by Gasteiger charge is -2.44. The molecule has 2 aliphatic heterocycles. The molecule has 1 unspecified atom stereocenters. The smallest absolute Gasteiger partial charge is 0.262 e. The van der Waals surface area contributed by atoms with Gasteiger partial charge in [-0.3, -0.25) is 14.5 Å². The van der Waals surface area contributed by atoms with Crippen molar-refractivity contribution >= 4 is 23.6 Å². The van der Waals surface area contributed by atoms with Gasteiger partial charge in [0, 0.05) is 4.90 Å². The Morgan fingerprint density at radius 1 is 0.966 bits per heavy atom. The largest absolute Gasteiger partial charge is 0.394 e. The predicted molar refractivity (Wildman–Crippen MR) is 106 cm³/mol. The van der Waals surface area contributed by atoms with Crippen molar-refractivity contribution in [1.29, 1.82) is 0 Å². The van der Waals surface area contributed by atoms with Crippen molar-refractivity contribution in [2.75, 3.05) is 6.61 Å². The number of thioether (sulfide) groups is 1. The summed E-state index contributed by atoms with van der Waals surface area (Å²) >= 11 is 1.23. The number of aryl methyl sites for hydroxylation is 1. The van der Waals surface area contributed by atoms with Gasteiger partial charge in [-0.25, -0.2) is 0 Å². The van der Waals surface area contributed by atoms with Gasteiger partial charge in [-0.2, -0.15) is 0 Å². The van der Waals surface area contributed by atoms with E-state index in [1.54, 1.807) is 24.3 Å². The van der Waals surface area contributed by atoms with Crippen molar-refractivity contribution in [2.45, 2.75) is 41.6 Å². The van der Waals surface area contributed by atoms with Gasteiger partial charge in [-0.1, -0.05) is 41.6 Å².